The number of hydrogen-bond donors (Lipinski definition) is 2. The first-order valence-corrected chi connectivity index (χ1v) is 10.6. The van der Waals surface area contributed by atoms with E-state index in [0.717, 1.165) is 44.9 Å². The van der Waals surface area contributed by atoms with E-state index < -0.39 is 5.60 Å². The molecule has 2 aliphatic carbocycles. The highest BCUT2D eigenvalue weighted by Crippen LogP contribution is 2.57. The zero-order chi connectivity index (χ0) is 19.6. The molecule has 1 fully saturated rings. The Morgan fingerprint density at radius 1 is 1.07 bits per heavy atom. The smallest absolute Gasteiger partial charge is 0.115 e. The minimum atomic E-state index is -0.604. The molecule has 2 N–H and O–H groups in total. The van der Waals surface area contributed by atoms with E-state index in [2.05, 4.69) is 25.1 Å². The third-order valence-corrected chi connectivity index (χ3v) is 7.10. The summed E-state index contributed by atoms with van der Waals surface area (Å²) >= 11 is 0. The summed E-state index contributed by atoms with van der Waals surface area (Å²) in [6.45, 7) is 3.70. The van der Waals surface area contributed by atoms with Gasteiger partial charge in [0, 0.05) is 6.61 Å². The molecule has 150 valence electrons. The molecule has 2 aromatic carbocycles. The molecule has 1 unspecified atom stereocenters. The third-order valence-electron chi connectivity index (χ3n) is 7.10. The summed E-state index contributed by atoms with van der Waals surface area (Å²) in [5.41, 5.74) is 3.45. The summed E-state index contributed by atoms with van der Waals surface area (Å²) in [5.74, 6) is 0.727. The van der Waals surface area contributed by atoms with Crippen LogP contribution in [0.25, 0.3) is 0 Å². The van der Waals surface area contributed by atoms with Crippen LogP contribution in [-0.4, -0.2) is 22.4 Å². The van der Waals surface area contributed by atoms with Crippen LogP contribution in [-0.2, 0) is 17.8 Å². The molecule has 28 heavy (non-hydrogen) atoms. The summed E-state index contributed by atoms with van der Waals surface area (Å²) in [6, 6.07) is 16.0. The predicted molar refractivity (Wildman–Crippen MR) is 111 cm³/mol. The number of hydrogen-bond acceptors (Lipinski definition) is 3. The summed E-state index contributed by atoms with van der Waals surface area (Å²) in [6.07, 6.45) is 6.62. The number of rotatable bonds is 6. The van der Waals surface area contributed by atoms with Gasteiger partial charge in [-0.2, -0.15) is 0 Å². The molecule has 0 heterocycles. The Morgan fingerprint density at radius 2 is 1.89 bits per heavy atom. The maximum atomic E-state index is 11.3. The van der Waals surface area contributed by atoms with Crippen LogP contribution in [0.2, 0.25) is 0 Å². The quantitative estimate of drug-likeness (QED) is 0.665. The second-order valence-electron chi connectivity index (χ2n) is 9.16. The van der Waals surface area contributed by atoms with Crippen LogP contribution in [0.4, 0.5) is 0 Å². The summed E-state index contributed by atoms with van der Waals surface area (Å²) in [5, 5.41) is 21.2. The highest BCUT2D eigenvalue weighted by molar-refractivity contribution is 5.41. The Balaban J connectivity index is 1.35. The molecule has 0 saturated heterocycles. The number of benzene rings is 2. The number of aromatic hydroxyl groups is 1. The van der Waals surface area contributed by atoms with Crippen molar-refractivity contribution >= 4 is 0 Å². The highest BCUT2D eigenvalue weighted by atomic mass is 16.5. The minimum Gasteiger partial charge on any atom is -0.508 e. The number of phenolic OH excluding ortho intramolecular Hbond substituents is 1. The molecule has 4 rings (SSSR count). The monoisotopic (exact) mass is 380 g/mol. The lowest BCUT2D eigenvalue weighted by Crippen LogP contribution is -2.45. The fourth-order valence-corrected chi connectivity index (χ4v) is 5.27. The summed E-state index contributed by atoms with van der Waals surface area (Å²) in [7, 11) is 0. The molecule has 0 bridgehead atoms. The largest absolute Gasteiger partial charge is 0.508 e. The zero-order valence-electron chi connectivity index (χ0n) is 16.9. The lowest BCUT2D eigenvalue weighted by Gasteiger charge is -2.51. The Bertz CT molecular complexity index is 803. The molecular weight excluding hydrogens is 348 g/mol. The van der Waals surface area contributed by atoms with Crippen molar-refractivity contribution in [1.82, 2.24) is 0 Å². The minimum absolute atomic E-state index is 0.264. The van der Waals surface area contributed by atoms with Gasteiger partial charge in [-0.25, -0.2) is 0 Å². The number of phenols is 1. The van der Waals surface area contributed by atoms with Crippen LogP contribution in [0, 0.1) is 5.41 Å². The van der Waals surface area contributed by atoms with Gasteiger partial charge in [-0.1, -0.05) is 43.3 Å². The van der Waals surface area contributed by atoms with Gasteiger partial charge in [0.2, 0.25) is 0 Å². The fourth-order valence-electron chi connectivity index (χ4n) is 5.27. The van der Waals surface area contributed by atoms with Gasteiger partial charge in [-0.15, -0.1) is 0 Å². The zero-order valence-corrected chi connectivity index (χ0v) is 16.9. The van der Waals surface area contributed by atoms with Crippen LogP contribution in [0.5, 0.6) is 5.75 Å². The van der Waals surface area contributed by atoms with Crippen LogP contribution < -0.4 is 0 Å². The van der Waals surface area contributed by atoms with Gasteiger partial charge in [0.05, 0.1) is 12.2 Å². The molecule has 2 aliphatic rings. The molecule has 2 aromatic rings. The van der Waals surface area contributed by atoms with Crippen LogP contribution in [0.1, 0.15) is 68.1 Å². The second kappa shape index (κ2) is 7.88. The fraction of sp³-hybridized carbons (Fsp3) is 0.520. The van der Waals surface area contributed by atoms with Gasteiger partial charge in [-0.3, -0.25) is 0 Å². The molecule has 0 aliphatic heterocycles. The van der Waals surface area contributed by atoms with E-state index in [1.165, 1.54) is 16.7 Å². The maximum Gasteiger partial charge on any atom is 0.115 e. The second-order valence-corrected chi connectivity index (χ2v) is 9.16. The van der Waals surface area contributed by atoms with Crippen molar-refractivity contribution in [3.05, 3.63) is 65.2 Å². The Morgan fingerprint density at radius 3 is 2.71 bits per heavy atom. The van der Waals surface area contributed by atoms with E-state index in [-0.39, 0.29) is 5.41 Å². The van der Waals surface area contributed by atoms with Gasteiger partial charge in [0.1, 0.15) is 5.75 Å². The maximum absolute atomic E-state index is 11.3. The van der Waals surface area contributed by atoms with Gasteiger partial charge < -0.3 is 14.9 Å². The Kier molecular flexibility index (Phi) is 5.48. The average molecular weight is 381 g/mol. The standard InChI is InChI=1S/C25H32O3/c1-24-12-10-20-16-21(26)8-9-22(20)23(24)17-25(27,14-13-24)11-5-15-28-18-19-6-3-2-4-7-19/h2-4,6-9,16,23,26-27H,5,10-15,17-18H2,1H3/t23-,24+,25?/m1/s1. The lowest BCUT2D eigenvalue weighted by atomic mass is 9.55. The van der Waals surface area contributed by atoms with Crippen LogP contribution >= 0.6 is 0 Å². The van der Waals surface area contributed by atoms with Crippen molar-refractivity contribution in [1.29, 1.82) is 0 Å². The molecule has 3 heteroatoms. The van der Waals surface area contributed by atoms with Crippen molar-refractivity contribution in [2.24, 2.45) is 5.41 Å². The Hall–Kier alpha value is -1.84. The van der Waals surface area contributed by atoms with Crippen LogP contribution in [0.15, 0.2) is 48.5 Å². The molecule has 0 aromatic heterocycles. The summed E-state index contributed by atoms with van der Waals surface area (Å²) in [4.78, 5) is 0. The molecule has 3 atom stereocenters. The molecule has 0 spiro atoms. The van der Waals surface area contributed by atoms with Crippen molar-refractivity contribution in [3.8, 4) is 5.75 Å². The Labute approximate surface area is 168 Å². The van der Waals surface area contributed by atoms with E-state index in [1.54, 1.807) is 6.07 Å². The van der Waals surface area contributed by atoms with Gasteiger partial charge >= 0.3 is 0 Å². The van der Waals surface area contributed by atoms with Crippen molar-refractivity contribution in [2.45, 2.75) is 70.0 Å². The van der Waals surface area contributed by atoms with Crippen molar-refractivity contribution < 1.29 is 14.9 Å². The van der Waals surface area contributed by atoms with E-state index in [4.69, 9.17) is 4.74 Å². The first-order valence-electron chi connectivity index (χ1n) is 10.6. The molecule has 0 amide bonds. The molecule has 3 nitrogen and oxygen atoms in total. The molecule has 0 radical (unpaired) electrons. The van der Waals surface area contributed by atoms with Gasteiger partial charge in [-0.05, 0) is 85.1 Å². The van der Waals surface area contributed by atoms with E-state index in [9.17, 15) is 10.2 Å². The first-order chi connectivity index (χ1) is 13.5. The topological polar surface area (TPSA) is 49.7 Å². The molecular formula is C25H32O3. The van der Waals surface area contributed by atoms with Crippen LogP contribution in [0.3, 0.4) is 0 Å². The van der Waals surface area contributed by atoms with E-state index in [1.807, 2.05) is 24.3 Å². The number of aryl methyl sites for hydroxylation is 1. The average Bonchev–Trinajstić information content (AvgIpc) is 2.69. The predicted octanol–water partition coefficient (Wildman–Crippen LogP) is 5.34. The van der Waals surface area contributed by atoms with Gasteiger partial charge in [0.25, 0.3) is 0 Å². The van der Waals surface area contributed by atoms with Gasteiger partial charge in [0.15, 0.2) is 0 Å². The van der Waals surface area contributed by atoms with E-state index in [0.29, 0.717) is 24.9 Å². The molecule has 1 saturated carbocycles. The first kappa shape index (κ1) is 19.5. The van der Waals surface area contributed by atoms with Crippen molar-refractivity contribution in [3.63, 3.8) is 0 Å². The number of ether oxygens (including phenoxy) is 1. The van der Waals surface area contributed by atoms with E-state index >= 15 is 0 Å². The van der Waals surface area contributed by atoms with Crippen molar-refractivity contribution in [2.75, 3.05) is 6.61 Å². The summed E-state index contributed by atoms with van der Waals surface area (Å²) < 4.78 is 5.81. The normalized spacial score (nSPS) is 29.1. The number of aliphatic hydroxyl groups is 1. The third kappa shape index (κ3) is 4.11. The SMILES string of the molecule is C[C@@]12CCc3cc(O)ccc3[C@H]1CC(O)(CCCOCc1ccccc1)CC2. The highest BCUT2D eigenvalue weighted by Gasteiger charge is 2.48. The number of fused-ring (bicyclic) bond motifs is 3. The lowest BCUT2D eigenvalue weighted by molar-refractivity contribution is -0.0583.